The molecule has 0 radical (unpaired) electrons. The van der Waals surface area contributed by atoms with Crippen LogP contribution >= 0.6 is 23.2 Å². The van der Waals surface area contributed by atoms with E-state index in [4.69, 9.17) is 33.0 Å². The summed E-state index contributed by atoms with van der Waals surface area (Å²) < 4.78 is 4.81. The van der Waals surface area contributed by atoms with Crippen LogP contribution in [0, 0.1) is 0 Å². The second kappa shape index (κ2) is 6.84. The number of aliphatic hydroxyl groups is 1. The highest BCUT2D eigenvalue weighted by molar-refractivity contribution is 6.42. The van der Waals surface area contributed by atoms with E-state index in [1.807, 2.05) is 0 Å². The Morgan fingerprint density at radius 1 is 1.00 bits per heavy atom. The molecule has 3 rings (SSSR count). The zero-order valence-electron chi connectivity index (χ0n) is 12.7. The largest absolute Gasteiger partial charge is 0.460 e. The lowest BCUT2D eigenvalue weighted by Crippen LogP contribution is -2.29. The van der Waals surface area contributed by atoms with E-state index in [0.29, 0.717) is 5.02 Å². The van der Waals surface area contributed by atoms with Crippen LogP contribution in [0.2, 0.25) is 10.0 Å². The molecule has 2 aromatic rings. The number of carbonyl (C=O) groups is 3. The minimum absolute atomic E-state index is 0.0921. The SMILES string of the molecule is O=C(OCCO)c1ccc2c(c1)C(=O)N(c1ccc(Cl)c(Cl)c1)C2=O. The van der Waals surface area contributed by atoms with Crippen LogP contribution in [0.3, 0.4) is 0 Å². The highest BCUT2D eigenvalue weighted by atomic mass is 35.5. The van der Waals surface area contributed by atoms with Crippen molar-refractivity contribution in [1.82, 2.24) is 0 Å². The van der Waals surface area contributed by atoms with Crippen LogP contribution in [0.5, 0.6) is 0 Å². The standard InChI is InChI=1S/C17H11Cl2NO5/c18-13-4-2-10(8-14(13)19)20-15(22)11-3-1-9(7-12(11)16(20)23)17(24)25-6-5-21/h1-4,7-8,21H,5-6H2. The van der Waals surface area contributed by atoms with Gasteiger partial charge in [-0.3, -0.25) is 9.59 Å². The molecule has 0 fully saturated rings. The summed E-state index contributed by atoms with van der Waals surface area (Å²) in [6.07, 6.45) is 0. The number of anilines is 1. The van der Waals surface area contributed by atoms with Gasteiger partial charge in [-0.05, 0) is 36.4 Å². The average molecular weight is 380 g/mol. The van der Waals surface area contributed by atoms with Crippen LogP contribution in [0.1, 0.15) is 31.1 Å². The van der Waals surface area contributed by atoms with Crippen molar-refractivity contribution >= 4 is 46.7 Å². The fourth-order valence-corrected chi connectivity index (χ4v) is 2.74. The lowest BCUT2D eigenvalue weighted by Gasteiger charge is -2.14. The van der Waals surface area contributed by atoms with E-state index in [9.17, 15) is 14.4 Å². The Balaban J connectivity index is 1.96. The van der Waals surface area contributed by atoms with Gasteiger partial charge >= 0.3 is 5.97 Å². The Kier molecular flexibility index (Phi) is 4.76. The van der Waals surface area contributed by atoms with E-state index >= 15 is 0 Å². The van der Waals surface area contributed by atoms with E-state index in [-0.39, 0.29) is 40.6 Å². The van der Waals surface area contributed by atoms with E-state index in [0.717, 1.165) is 4.90 Å². The number of nitrogens with zero attached hydrogens (tertiary/aromatic N) is 1. The van der Waals surface area contributed by atoms with Gasteiger partial charge in [0.1, 0.15) is 6.61 Å². The van der Waals surface area contributed by atoms with Crippen molar-refractivity contribution in [3.05, 3.63) is 63.1 Å². The van der Waals surface area contributed by atoms with Gasteiger partial charge in [-0.2, -0.15) is 0 Å². The van der Waals surface area contributed by atoms with Gasteiger partial charge in [-0.1, -0.05) is 23.2 Å². The maximum Gasteiger partial charge on any atom is 0.338 e. The van der Waals surface area contributed by atoms with Gasteiger partial charge < -0.3 is 9.84 Å². The monoisotopic (exact) mass is 379 g/mol. The summed E-state index contributed by atoms with van der Waals surface area (Å²) in [6, 6.07) is 8.49. The van der Waals surface area contributed by atoms with Crippen molar-refractivity contribution in [1.29, 1.82) is 0 Å². The van der Waals surface area contributed by atoms with Crippen LogP contribution in [0.4, 0.5) is 5.69 Å². The van der Waals surface area contributed by atoms with E-state index in [1.165, 1.54) is 36.4 Å². The summed E-state index contributed by atoms with van der Waals surface area (Å²) in [4.78, 5) is 38.0. The quantitative estimate of drug-likeness (QED) is 0.651. The van der Waals surface area contributed by atoms with Crippen LogP contribution in [0.15, 0.2) is 36.4 Å². The van der Waals surface area contributed by atoms with Crippen LogP contribution in [0.25, 0.3) is 0 Å². The Hall–Kier alpha value is -2.41. The molecule has 1 aliphatic rings. The summed E-state index contributed by atoms with van der Waals surface area (Å²) in [5, 5.41) is 9.21. The molecule has 0 saturated heterocycles. The average Bonchev–Trinajstić information content (AvgIpc) is 2.86. The second-order valence-corrected chi connectivity index (χ2v) is 5.98. The van der Waals surface area contributed by atoms with Crippen LogP contribution < -0.4 is 4.90 Å². The summed E-state index contributed by atoms with van der Waals surface area (Å²) in [7, 11) is 0. The van der Waals surface area contributed by atoms with E-state index < -0.39 is 17.8 Å². The first kappa shape index (κ1) is 17.4. The third-order valence-corrected chi connectivity index (χ3v) is 4.35. The van der Waals surface area contributed by atoms with E-state index in [2.05, 4.69) is 0 Å². The van der Waals surface area contributed by atoms with Gasteiger partial charge in [-0.15, -0.1) is 0 Å². The van der Waals surface area contributed by atoms with Crippen molar-refractivity contribution in [2.75, 3.05) is 18.1 Å². The Morgan fingerprint density at radius 2 is 1.72 bits per heavy atom. The molecule has 6 nitrogen and oxygen atoms in total. The normalized spacial score (nSPS) is 13.2. The molecule has 0 aromatic heterocycles. The first-order chi connectivity index (χ1) is 11.9. The molecule has 0 atom stereocenters. The second-order valence-electron chi connectivity index (χ2n) is 5.16. The number of rotatable bonds is 4. The van der Waals surface area contributed by atoms with Gasteiger partial charge in [0.15, 0.2) is 0 Å². The first-order valence-corrected chi connectivity index (χ1v) is 7.95. The highest BCUT2D eigenvalue weighted by Gasteiger charge is 2.37. The third kappa shape index (κ3) is 3.11. The van der Waals surface area contributed by atoms with Crippen molar-refractivity contribution < 1.29 is 24.2 Å². The molecule has 0 unspecified atom stereocenters. The number of esters is 1. The summed E-state index contributed by atoms with van der Waals surface area (Å²) in [5.74, 6) is -1.78. The molecule has 128 valence electrons. The number of amides is 2. The fraction of sp³-hybridized carbons (Fsp3) is 0.118. The predicted molar refractivity (Wildman–Crippen MR) is 91.4 cm³/mol. The lowest BCUT2D eigenvalue weighted by atomic mass is 10.1. The molecule has 0 saturated carbocycles. The molecular formula is C17H11Cl2NO5. The molecular weight excluding hydrogens is 369 g/mol. The van der Waals surface area contributed by atoms with Gasteiger partial charge in [0.2, 0.25) is 0 Å². The molecule has 25 heavy (non-hydrogen) atoms. The van der Waals surface area contributed by atoms with Gasteiger partial charge in [-0.25, -0.2) is 9.69 Å². The molecule has 1 heterocycles. The number of benzene rings is 2. The third-order valence-electron chi connectivity index (χ3n) is 3.61. The zero-order chi connectivity index (χ0) is 18.1. The number of aliphatic hydroxyl groups excluding tert-OH is 1. The van der Waals surface area contributed by atoms with Gasteiger partial charge in [0.05, 0.1) is 39.0 Å². The predicted octanol–water partition coefficient (Wildman–Crippen LogP) is 2.94. The Morgan fingerprint density at radius 3 is 2.40 bits per heavy atom. The summed E-state index contributed by atoms with van der Waals surface area (Å²) in [5.41, 5.74) is 0.665. The van der Waals surface area contributed by atoms with Crippen molar-refractivity contribution in [2.45, 2.75) is 0 Å². The minimum atomic E-state index is -0.690. The van der Waals surface area contributed by atoms with Crippen molar-refractivity contribution in [2.24, 2.45) is 0 Å². The molecule has 0 spiro atoms. The Labute approximate surface area is 152 Å². The first-order valence-electron chi connectivity index (χ1n) is 7.20. The maximum absolute atomic E-state index is 12.6. The van der Waals surface area contributed by atoms with Crippen molar-refractivity contribution in [3.63, 3.8) is 0 Å². The van der Waals surface area contributed by atoms with Crippen molar-refractivity contribution in [3.8, 4) is 0 Å². The van der Waals surface area contributed by atoms with E-state index in [1.54, 1.807) is 0 Å². The Bertz CT molecular complexity index is 897. The molecule has 0 bridgehead atoms. The number of imide groups is 1. The molecule has 8 heteroatoms. The van der Waals surface area contributed by atoms with Gasteiger partial charge in [0.25, 0.3) is 11.8 Å². The minimum Gasteiger partial charge on any atom is -0.460 e. The molecule has 1 aliphatic heterocycles. The van der Waals surface area contributed by atoms with Crippen LogP contribution in [-0.4, -0.2) is 36.1 Å². The van der Waals surface area contributed by atoms with Crippen LogP contribution in [-0.2, 0) is 4.74 Å². The molecule has 2 aromatic carbocycles. The lowest BCUT2D eigenvalue weighted by molar-refractivity contribution is 0.0433. The topological polar surface area (TPSA) is 83.9 Å². The smallest absolute Gasteiger partial charge is 0.338 e. The number of hydrogen-bond acceptors (Lipinski definition) is 5. The number of fused-ring (bicyclic) bond motifs is 1. The maximum atomic E-state index is 12.6. The number of carbonyl (C=O) groups excluding carboxylic acids is 3. The number of hydrogen-bond donors (Lipinski definition) is 1. The summed E-state index contributed by atoms with van der Waals surface area (Å²) in [6.45, 7) is -0.461. The molecule has 0 aliphatic carbocycles. The fourth-order valence-electron chi connectivity index (χ4n) is 2.45. The summed E-state index contributed by atoms with van der Waals surface area (Å²) >= 11 is 11.8. The zero-order valence-corrected chi connectivity index (χ0v) is 14.2. The number of ether oxygens (including phenoxy) is 1. The molecule has 2 amide bonds. The molecule has 1 N–H and O–H groups in total. The highest BCUT2D eigenvalue weighted by Crippen LogP contribution is 2.33. The van der Waals surface area contributed by atoms with Gasteiger partial charge in [0, 0.05) is 0 Å². The number of halogens is 2.